The van der Waals surface area contributed by atoms with Crippen LogP contribution in [0.15, 0.2) is 18.2 Å². The van der Waals surface area contributed by atoms with Gasteiger partial charge < -0.3 is 4.90 Å². The van der Waals surface area contributed by atoms with E-state index in [1.54, 1.807) is 17.0 Å². The molecule has 0 radical (unpaired) electrons. The number of carbonyl (C=O) groups excluding carboxylic acids is 1. The molecule has 1 heterocycles. The summed E-state index contributed by atoms with van der Waals surface area (Å²) in [6.07, 6.45) is 0.927. The van der Waals surface area contributed by atoms with Gasteiger partial charge in [0.1, 0.15) is 5.56 Å². The van der Waals surface area contributed by atoms with E-state index in [1.165, 1.54) is 6.07 Å². The van der Waals surface area contributed by atoms with E-state index in [2.05, 4.69) is 0 Å². The molecular weight excluding hydrogens is 276 g/mol. The Hall–Kier alpha value is -1.56. The zero-order valence-electron chi connectivity index (χ0n) is 11.7. The van der Waals surface area contributed by atoms with Crippen LogP contribution in [0.5, 0.6) is 0 Å². The van der Waals surface area contributed by atoms with E-state index in [4.69, 9.17) is 0 Å². The summed E-state index contributed by atoms with van der Waals surface area (Å²) in [5.41, 5.74) is 0.953. The molecule has 5 nitrogen and oxygen atoms in total. The van der Waals surface area contributed by atoms with Crippen molar-refractivity contribution in [2.24, 2.45) is 0 Å². The summed E-state index contributed by atoms with van der Waals surface area (Å²) in [6, 6.07) is 4.82. The van der Waals surface area contributed by atoms with Crippen LogP contribution in [0, 0.1) is 17.0 Å². The smallest absolute Gasteiger partial charge is 0.282 e. The van der Waals surface area contributed by atoms with E-state index < -0.39 is 4.92 Å². The molecule has 1 aromatic rings. The van der Waals surface area contributed by atoms with Crippen LogP contribution in [-0.4, -0.2) is 39.8 Å². The Morgan fingerprint density at radius 3 is 2.90 bits per heavy atom. The van der Waals surface area contributed by atoms with E-state index in [-0.39, 0.29) is 23.2 Å². The van der Waals surface area contributed by atoms with Crippen LogP contribution < -0.4 is 0 Å². The molecule has 1 amide bonds. The molecule has 1 unspecified atom stereocenters. The van der Waals surface area contributed by atoms with E-state index in [0.717, 1.165) is 23.5 Å². The van der Waals surface area contributed by atoms with Gasteiger partial charge in [-0.25, -0.2) is 0 Å². The number of rotatable bonds is 2. The van der Waals surface area contributed by atoms with Gasteiger partial charge >= 0.3 is 0 Å². The first-order valence-corrected chi connectivity index (χ1v) is 7.80. The third-order valence-corrected chi connectivity index (χ3v) is 4.52. The maximum Gasteiger partial charge on any atom is 0.282 e. The van der Waals surface area contributed by atoms with Crippen LogP contribution in [0.4, 0.5) is 5.69 Å². The van der Waals surface area contributed by atoms with Crippen LogP contribution in [-0.2, 0) is 0 Å². The lowest BCUT2D eigenvalue weighted by Gasteiger charge is -2.26. The quantitative estimate of drug-likeness (QED) is 0.621. The summed E-state index contributed by atoms with van der Waals surface area (Å²) < 4.78 is 0. The van der Waals surface area contributed by atoms with E-state index in [1.807, 2.05) is 25.6 Å². The van der Waals surface area contributed by atoms with Crippen molar-refractivity contribution in [3.63, 3.8) is 0 Å². The zero-order valence-corrected chi connectivity index (χ0v) is 12.5. The maximum absolute atomic E-state index is 12.7. The number of carbonyl (C=O) groups is 1. The number of hydrogen-bond donors (Lipinski definition) is 0. The molecule has 6 heteroatoms. The molecule has 1 aromatic carbocycles. The number of aryl methyl sites for hydroxylation is 1. The van der Waals surface area contributed by atoms with Crippen molar-refractivity contribution in [3.8, 4) is 0 Å². The van der Waals surface area contributed by atoms with Gasteiger partial charge in [-0.3, -0.25) is 14.9 Å². The fourth-order valence-corrected chi connectivity index (χ4v) is 3.37. The van der Waals surface area contributed by atoms with Crippen molar-refractivity contribution in [3.05, 3.63) is 39.4 Å². The summed E-state index contributed by atoms with van der Waals surface area (Å²) in [5, 5.41) is 11.1. The number of nitrogens with zero attached hydrogens (tertiary/aromatic N) is 2. The molecule has 1 aliphatic rings. The number of thioether (sulfide) groups is 1. The number of benzene rings is 1. The highest BCUT2D eigenvalue weighted by Gasteiger charge is 2.28. The van der Waals surface area contributed by atoms with Crippen molar-refractivity contribution < 1.29 is 9.72 Å². The standard InChI is InChI=1S/C14H18N2O3S/c1-10-3-4-13(16(18)19)12(9-10)14(17)15-6-8-20-7-5-11(15)2/h3-4,9,11H,5-8H2,1-2H3. The summed E-state index contributed by atoms with van der Waals surface area (Å²) in [7, 11) is 0. The van der Waals surface area contributed by atoms with Crippen molar-refractivity contribution in [1.82, 2.24) is 4.90 Å². The largest absolute Gasteiger partial charge is 0.335 e. The first-order chi connectivity index (χ1) is 9.50. The molecule has 1 saturated heterocycles. The Kier molecular flexibility index (Phi) is 4.65. The molecule has 0 bridgehead atoms. The minimum Gasteiger partial charge on any atom is -0.335 e. The van der Waals surface area contributed by atoms with Gasteiger partial charge in [0, 0.05) is 24.4 Å². The van der Waals surface area contributed by atoms with Gasteiger partial charge in [-0.2, -0.15) is 11.8 Å². The molecule has 108 valence electrons. The predicted octanol–water partition coefficient (Wildman–Crippen LogP) is 2.87. The molecule has 0 aliphatic carbocycles. The lowest BCUT2D eigenvalue weighted by molar-refractivity contribution is -0.385. The molecule has 1 atom stereocenters. The molecule has 1 fully saturated rings. The summed E-state index contributed by atoms with van der Waals surface area (Å²) >= 11 is 1.82. The normalized spacial score (nSPS) is 19.5. The second kappa shape index (κ2) is 6.26. The van der Waals surface area contributed by atoms with Crippen molar-refractivity contribution >= 4 is 23.4 Å². The Balaban J connectivity index is 2.36. The average Bonchev–Trinajstić information content (AvgIpc) is 2.62. The summed E-state index contributed by atoms with van der Waals surface area (Å²) in [6.45, 7) is 4.49. The lowest BCUT2D eigenvalue weighted by Crippen LogP contribution is -2.39. The highest BCUT2D eigenvalue weighted by atomic mass is 32.2. The fraction of sp³-hybridized carbons (Fsp3) is 0.500. The zero-order chi connectivity index (χ0) is 14.7. The van der Waals surface area contributed by atoms with Crippen molar-refractivity contribution in [2.45, 2.75) is 26.3 Å². The predicted molar refractivity (Wildman–Crippen MR) is 80.3 cm³/mol. The van der Waals surface area contributed by atoms with Crippen LogP contribution in [0.1, 0.15) is 29.3 Å². The second-order valence-corrected chi connectivity index (χ2v) is 6.25. The maximum atomic E-state index is 12.7. The first-order valence-electron chi connectivity index (χ1n) is 6.64. The number of nitro groups is 1. The van der Waals surface area contributed by atoms with Crippen LogP contribution in [0.2, 0.25) is 0 Å². The Bertz CT molecular complexity index is 533. The highest BCUT2D eigenvalue weighted by Crippen LogP contribution is 2.24. The molecule has 1 aliphatic heterocycles. The van der Waals surface area contributed by atoms with Crippen LogP contribution in [0.25, 0.3) is 0 Å². The molecule has 0 spiro atoms. The number of hydrogen-bond acceptors (Lipinski definition) is 4. The minimum atomic E-state index is -0.482. The molecule has 2 rings (SSSR count). The SMILES string of the molecule is Cc1ccc([N+](=O)[O-])c(C(=O)N2CCSCCC2C)c1. The van der Waals surface area contributed by atoms with E-state index in [9.17, 15) is 14.9 Å². The molecular formula is C14H18N2O3S. The topological polar surface area (TPSA) is 63.5 Å². The Morgan fingerprint density at radius 2 is 2.20 bits per heavy atom. The minimum absolute atomic E-state index is 0.107. The first kappa shape index (κ1) is 14.8. The second-order valence-electron chi connectivity index (χ2n) is 5.03. The highest BCUT2D eigenvalue weighted by molar-refractivity contribution is 7.99. The Labute approximate surface area is 122 Å². The molecule has 20 heavy (non-hydrogen) atoms. The van der Waals surface area contributed by atoms with Crippen molar-refractivity contribution in [2.75, 3.05) is 18.1 Å². The van der Waals surface area contributed by atoms with E-state index in [0.29, 0.717) is 6.54 Å². The lowest BCUT2D eigenvalue weighted by atomic mass is 10.1. The Morgan fingerprint density at radius 1 is 1.45 bits per heavy atom. The average molecular weight is 294 g/mol. The van der Waals surface area contributed by atoms with Gasteiger partial charge in [-0.15, -0.1) is 0 Å². The molecule has 0 aromatic heterocycles. The van der Waals surface area contributed by atoms with Gasteiger partial charge in [-0.05, 0) is 37.7 Å². The van der Waals surface area contributed by atoms with Gasteiger partial charge in [0.15, 0.2) is 0 Å². The monoisotopic (exact) mass is 294 g/mol. The number of nitro benzene ring substituents is 1. The van der Waals surface area contributed by atoms with Gasteiger partial charge in [-0.1, -0.05) is 6.07 Å². The fourth-order valence-electron chi connectivity index (χ4n) is 2.33. The van der Waals surface area contributed by atoms with E-state index >= 15 is 0 Å². The number of amides is 1. The molecule has 0 N–H and O–H groups in total. The summed E-state index contributed by atoms with van der Waals surface area (Å²) in [5.74, 6) is 1.69. The van der Waals surface area contributed by atoms with Crippen LogP contribution >= 0.6 is 11.8 Å². The van der Waals surface area contributed by atoms with Crippen LogP contribution in [0.3, 0.4) is 0 Å². The van der Waals surface area contributed by atoms with Crippen molar-refractivity contribution in [1.29, 1.82) is 0 Å². The van der Waals surface area contributed by atoms with Gasteiger partial charge in [0.05, 0.1) is 4.92 Å². The third-order valence-electron chi connectivity index (χ3n) is 3.53. The molecule has 0 saturated carbocycles. The van der Waals surface area contributed by atoms with Gasteiger partial charge in [0.25, 0.3) is 11.6 Å². The third kappa shape index (κ3) is 3.12. The summed E-state index contributed by atoms with van der Waals surface area (Å²) in [4.78, 5) is 25.0. The van der Waals surface area contributed by atoms with Gasteiger partial charge in [0.2, 0.25) is 0 Å².